The number of Topliss-reactive ketones (excluding diaryl/α,β-unsaturated/α-hetero) is 1. The van der Waals surface area contributed by atoms with Crippen LogP contribution in [0.2, 0.25) is 0 Å². The highest BCUT2D eigenvalue weighted by molar-refractivity contribution is 7.13. The molecular formula is C12H11N3O2S. The topological polar surface area (TPSA) is 74.8 Å². The molecular weight excluding hydrogens is 250 g/mol. The van der Waals surface area contributed by atoms with E-state index in [9.17, 15) is 9.59 Å². The Kier molecular flexibility index (Phi) is 2.71. The lowest BCUT2D eigenvalue weighted by Crippen LogP contribution is -2.34. The molecule has 0 aliphatic heterocycles. The molecule has 0 saturated heterocycles. The van der Waals surface area contributed by atoms with E-state index in [4.69, 9.17) is 0 Å². The third kappa shape index (κ3) is 2.06. The maximum Gasteiger partial charge on any atom is 0.229 e. The number of nitrogens with zero attached hydrogens (tertiary/aromatic N) is 1. The third-order valence-electron chi connectivity index (χ3n) is 2.93. The summed E-state index contributed by atoms with van der Waals surface area (Å²) in [6.45, 7) is 0. The standard InChI is InChI=1S/C12H11N3O2S/c16-8-4-7(5-8)12(17)13-11-6-9(14-15-11)10-2-1-3-18-10/h1-3,6-7H,4-5H2,(H2,13,14,15,17). The van der Waals surface area contributed by atoms with Gasteiger partial charge in [-0.3, -0.25) is 14.7 Å². The number of carbonyl (C=O) groups excluding carboxylic acids is 2. The van der Waals surface area contributed by atoms with Crippen LogP contribution in [0.25, 0.3) is 10.6 Å². The molecule has 0 spiro atoms. The zero-order valence-corrected chi connectivity index (χ0v) is 10.3. The van der Waals surface area contributed by atoms with Crippen LogP contribution in [-0.4, -0.2) is 21.9 Å². The molecule has 0 atom stereocenters. The predicted molar refractivity (Wildman–Crippen MR) is 68.3 cm³/mol. The molecule has 92 valence electrons. The summed E-state index contributed by atoms with van der Waals surface area (Å²) in [6.07, 6.45) is 0.710. The van der Waals surface area contributed by atoms with Crippen LogP contribution in [-0.2, 0) is 9.59 Å². The van der Waals surface area contributed by atoms with Crippen LogP contribution >= 0.6 is 11.3 Å². The quantitative estimate of drug-likeness (QED) is 0.888. The number of aromatic amines is 1. The molecule has 0 bridgehead atoms. The number of hydrogen-bond donors (Lipinski definition) is 2. The van der Waals surface area contributed by atoms with E-state index in [1.807, 2.05) is 17.5 Å². The summed E-state index contributed by atoms with van der Waals surface area (Å²) >= 11 is 1.60. The fourth-order valence-corrected chi connectivity index (χ4v) is 2.54. The summed E-state index contributed by atoms with van der Waals surface area (Å²) in [5.74, 6) is 0.345. The Bertz CT molecular complexity index is 580. The van der Waals surface area contributed by atoms with Crippen molar-refractivity contribution in [3.05, 3.63) is 23.6 Å². The van der Waals surface area contributed by atoms with Crippen molar-refractivity contribution in [3.8, 4) is 10.6 Å². The van der Waals surface area contributed by atoms with E-state index in [2.05, 4.69) is 15.5 Å². The summed E-state index contributed by atoms with van der Waals surface area (Å²) in [6, 6.07) is 5.73. The monoisotopic (exact) mass is 261 g/mol. The Morgan fingerprint density at radius 2 is 2.33 bits per heavy atom. The van der Waals surface area contributed by atoms with Gasteiger partial charge in [0.15, 0.2) is 5.82 Å². The Morgan fingerprint density at radius 3 is 3.00 bits per heavy atom. The minimum atomic E-state index is -0.181. The lowest BCUT2D eigenvalue weighted by Gasteiger charge is -2.22. The highest BCUT2D eigenvalue weighted by Crippen LogP contribution is 2.26. The fourth-order valence-electron chi connectivity index (χ4n) is 1.85. The first-order chi connectivity index (χ1) is 8.72. The van der Waals surface area contributed by atoms with Crippen LogP contribution in [0, 0.1) is 5.92 Å². The largest absolute Gasteiger partial charge is 0.309 e. The lowest BCUT2D eigenvalue weighted by atomic mass is 9.83. The van der Waals surface area contributed by atoms with Crippen LogP contribution in [0.4, 0.5) is 5.82 Å². The van der Waals surface area contributed by atoms with E-state index >= 15 is 0 Å². The average molecular weight is 261 g/mol. The fraction of sp³-hybridized carbons (Fsp3) is 0.250. The number of amides is 1. The number of ketones is 1. The van der Waals surface area contributed by atoms with Gasteiger partial charge in [0.2, 0.25) is 5.91 Å². The zero-order chi connectivity index (χ0) is 12.5. The number of carbonyl (C=O) groups is 2. The molecule has 6 heteroatoms. The Balaban J connectivity index is 1.67. The van der Waals surface area contributed by atoms with Gasteiger partial charge in [-0.2, -0.15) is 5.10 Å². The summed E-state index contributed by atoms with van der Waals surface area (Å²) < 4.78 is 0. The van der Waals surface area contributed by atoms with Gasteiger partial charge >= 0.3 is 0 Å². The van der Waals surface area contributed by atoms with Crippen molar-refractivity contribution in [2.75, 3.05) is 5.32 Å². The second-order valence-electron chi connectivity index (χ2n) is 4.28. The van der Waals surface area contributed by atoms with E-state index in [1.165, 1.54) is 0 Å². The number of nitrogens with one attached hydrogen (secondary N) is 2. The number of rotatable bonds is 3. The summed E-state index contributed by atoms with van der Waals surface area (Å²) in [7, 11) is 0. The van der Waals surface area contributed by atoms with E-state index in [0.29, 0.717) is 18.7 Å². The van der Waals surface area contributed by atoms with E-state index in [1.54, 1.807) is 17.4 Å². The van der Waals surface area contributed by atoms with Crippen molar-refractivity contribution in [3.63, 3.8) is 0 Å². The molecule has 0 aromatic carbocycles. The molecule has 1 aliphatic carbocycles. The van der Waals surface area contributed by atoms with E-state index in [0.717, 1.165) is 10.6 Å². The number of thiophene rings is 1. The number of hydrogen-bond acceptors (Lipinski definition) is 4. The smallest absolute Gasteiger partial charge is 0.229 e. The van der Waals surface area contributed by atoms with Crippen molar-refractivity contribution in [2.45, 2.75) is 12.8 Å². The van der Waals surface area contributed by atoms with Gasteiger partial charge in [0.25, 0.3) is 0 Å². The third-order valence-corrected chi connectivity index (χ3v) is 3.84. The molecule has 1 saturated carbocycles. The lowest BCUT2D eigenvalue weighted by molar-refractivity contribution is -0.135. The minimum absolute atomic E-state index is 0.126. The van der Waals surface area contributed by atoms with Crippen molar-refractivity contribution < 1.29 is 9.59 Å². The molecule has 2 aromatic rings. The van der Waals surface area contributed by atoms with Gasteiger partial charge in [-0.25, -0.2) is 0 Å². The molecule has 2 heterocycles. The summed E-state index contributed by atoms with van der Waals surface area (Å²) in [5.41, 5.74) is 0.880. The molecule has 2 N–H and O–H groups in total. The van der Waals surface area contributed by atoms with Crippen LogP contribution in [0.1, 0.15) is 12.8 Å². The maximum absolute atomic E-state index is 11.7. The Morgan fingerprint density at radius 1 is 1.50 bits per heavy atom. The van der Waals surface area contributed by atoms with Gasteiger partial charge in [-0.1, -0.05) is 6.07 Å². The zero-order valence-electron chi connectivity index (χ0n) is 9.47. The van der Waals surface area contributed by atoms with Gasteiger partial charge in [0, 0.05) is 18.9 Å². The van der Waals surface area contributed by atoms with Crippen molar-refractivity contribution in [1.29, 1.82) is 0 Å². The molecule has 0 unspecified atom stereocenters. The van der Waals surface area contributed by atoms with Crippen LogP contribution < -0.4 is 5.32 Å². The minimum Gasteiger partial charge on any atom is -0.309 e. The van der Waals surface area contributed by atoms with Gasteiger partial charge in [0.1, 0.15) is 5.78 Å². The number of aromatic nitrogens is 2. The Hall–Kier alpha value is -1.95. The van der Waals surface area contributed by atoms with Crippen LogP contribution in [0.5, 0.6) is 0 Å². The van der Waals surface area contributed by atoms with Gasteiger partial charge in [0.05, 0.1) is 16.5 Å². The molecule has 1 amide bonds. The van der Waals surface area contributed by atoms with Gasteiger partial charge in [-0.05, 0) is 11.4 Å². The average Bonchev–Trinajstić information content (AvgIpc) is 2.93. The van der Waals surface area contributed by atoms with Gasteiger partial charge in [-0.15, -0.1) is 11.3 Å². The highest BCUT2D eigenvalue weighted by Gasteiger charge is 2.32. The van der Waals surface area contributed by atoms with Crippen molar-refractivity contribution >= 4 is 28.8 Å². The number of H-pyrrole nitrogens is 1. The normalized spacial score (nSPS) is 15.4. The van der Waals surface area contributed by atoms with Crippen LogP contribution in [0.3, 0.4) is 0 Å². The summed E-state index contributed by atoms with van der Waals surface area (Å²) in [4.78, 5) is 23.6. The first kappa shape index (κ1) is 11.2. The first-order valence-electron chi connectivity index (χ1n) is 5.64. The molecule has 1 fully saturated rings. The molecule has 3 rings (SSSR count). The SMILES string of the molecule is O=C1CC(C(=O)Nc2cc(-c3cccs3)[nH]n2)C1. The second kappa shape index (κ2) is 4.38. The Labute approximate surface area is 107 Å². The van der Waals surface area contributed by atoms with E-state index < -0.39 is 0 Å². The molecule has 1 aliphatic rings. The molecule has 18 heavy (non-hydrogen) atoms. The highest BCUT2D eigenvalue weighted by atomic mass is 32.1. The first-order valence-corrected chi connectivity index (χ1v) is 6.52. The van der Waals surface area contributed by atoms with Gasteiger partial charge < -0.3 is 5.32 Å². The molecule has 5 nitrogen and oxygen atoms in total. The summed E-state index contributed by atoms with van der Waals surface area (Å²) in [5, 5.41) is 11.6. The molecule has 2 aromatic heterocycles. The van der Waals surface area contributed by atoms with Crippen molar-refractivity contribution in [2.24, 2.45) is 5.92 Å². The van der Waals surface area contributed by atoms with Crippen LogP contribution in [0.15, 0.2) is 23.6 Å². The predicted octanol–water partition coefficient (Wildman–Crippen LogP) is 2.06. The number of anilines is 1. The van der Waals surface area contributed by atoms with Crippen molar-refractivity contribution in [1.82, 2.24) is 10.2 Å². The van der Waals surface area contributed by atoms with E-state index in [-0.39, 0.29) is 17.6 Å². The maximum atomic E-state index is 11.7. The molecule has 0 radical (unpaired) electrons. The second-order valence-corrected chi connectivity index (χ2v) is 5.22.